The second-order valence-electron chi connectivity index (χ2n) is 5.24. The summed E-state index contributed by atoms with van der Waals surface area (Å²) in [6.07, 6.45) is 1.86. The Morgan fingerprint density at radius 3 is 2.55 bits per heavy atom. The van der Waals surface area contributed by atoms with Crippen molar-refractivity contribution in [2.75, 3.05) is 6.61 Å². The second-order valence-corrected chi connectivity index (χ2v) is 5.24. The maximum absolute atomic E-state index is 12.4. The third kappa shape index (κ3) is 2.26. The SMILES string of the molecule is CCCCOC(=O)c1cccc2c1-c1ccccc1C2=NN. The summed E-state index contributed by atoms with van der Waals surface area (Å²) in [6, 6.07) is 13.4. The van der Waals surface area contributed by atoms with Gasteiger partial charge in [0, 0.05) is 16.7 Å². The molecular formula is C18H18N2O2. The molecule has 1 aliphatic carbocycles. The number of benzene rings is 2. The zero-order chi connectivity index (χ0) is 15.5. The molecule has 112 valence electrons. The topological polar surface area (TPSA) is 64.7 Å². The third-order valence-electron chi connectivity index (χ3n) is 3.85. The molecule has 0 aromatic heterocycles. The molecule has 4 nitrogen and oxygen atoms in total. The molecule has 0 atom stereocenters. The van der Waals surface area contributed by atoms with Crippen LogP contribution in [0.25, 0.3) is 11.1 Å². The van der Waals surface area contributed by atoms with E-state index in [1.807, 2.05) is 36.4 Å². The predicted molar refractivity (Wildman–Crippen MR) is 86.9 cm³/mol. The van der Waals surface area contributed by atoms with Crippen LogP contribution in [0.2, 0.25) is 0 Å². The number of nitrogens with zero attached hydrogens (tertiary/aromatic N) is 1. The minimum absolute atomic E-state index is 0.293. The fraction of sp³-hybridized carbons (Fsp3) is 0.222. The molecule has 0 unspecified atom stereocenters. The Morgan fingerprint density at radius 2 is 1.82 bits per heavy atom. The van der Waals surface area contributed by atoms with Crippen LogP contribution in [0.5, 0.6) is 0 Å². The normalized spacial score (nSPS) is 13.8. The van der Waals surface area contributed by atoms with Crippen molar-refractivity contribution in [1.29, 1.82) is 0 Å². The van der Waals surface area contributed by atoms with E-state index in [-0.39, 0.29) is 5.97 Å². The fourth-order valence-corrected chi connectivity index (χ4v) is 2.79. The van der Waals surface area contributed by atoms with Crippen molar-refractivity contribution in [1.82, 2.24) is 0 Å². The van der Waals surface area contributed by atoms with Gasteiger partial charge in [0.25, 0.3) is 0 Å². The van der Waals surface area contributed by atoms with Gasteiger partial charge in [0.05, 0.1) is 17.9 Å². The Balaban J connectivity index is 2.08. The van der Waals surface area contributed by atoms with Crippen molar-refractivity contribution in [3.63, 3.8) is 0 Å². The molecule has 4 heteroatoms. The molecule has 0 aliphatic heterocycles. The van der Waals surface area contributed by atoms with Gasteiger partial charge in [-0.25, -0.2) is 4.79 Å². The van der Waals surface area contributed by atoms with E-state index in [0.717, 1.165) is 35.1 Å². The van der Waals surface area contributed by atoms with Crippen molar-refractivity contribution in [2.24, 2.45) is 10.9 Å². The largest absolute Gasteiger partial charge is 0.462 e. The van der Waals surface area contributed by atoms with Gasteiger partial charge in [0.1, 0.15) is 0 Å². The van der Waals surface area contributed by atoms with E-state index >= 15 is 0 Å². The molecular weight excluding hydrogens is 276 g/mol. The first-order chi connectivity index (χ1) is 10.8. The second kappa shape index (κ2) is 6.02. The minimum atomic E-state index is -0.293. The van der Waals surface area contributed by atoms with E-state index in [4.69, 9.17) is 10.6 Å². The molecule has 2 N–H and O–H groups in total. The van der Waals surface area contributed by atoms with Crippen molar-refractivity contribution in [2.45, 2.75) is 19.8 Å². The lowest BCUT2D eigenvalue weighted by atomic mass is 9.99. The number of nitrogens with two attached hydrogens (primary N) is 1. The number of rotatable bonds is 4. The Hall–Kier alpha value is -2.62. The Labute approximate surface area is 129 Å². The molecule has 2 aromatic carbocycles. The molecule has 0 radical (unpaired) electrons. The maximum atomic E-state index is 12.4. The Kier molecular flexibility index (Phi) is 3.92. The summed E-state index contributed by atoms with van der Waals surface area (Å²) in [5.74, 6) is 5.27. The van der Waals surface area contributed by atoms with Crippen LogP contribution in [-0.4, -0.2) is 18.3 Å². The molecule has 0 heterocycles. The quantitative estimate of drug-likeness (QED) is 0.347. The van der Waals surface area contributed by atoms with E-state index < -0.39 is 0 Å². The summed E-state index contributed by atoms with van der Waals surface area (Å²) in [6.45, 7) is 2.51. The molecule has 0 spiro atoms. The van der Waals surface area contributed by atoms with Gasteiger partial charge in [-0.1, -0.05) is 49.7 Å². The maximum Gasteiger partial charge on any atom is 0.338 e. The number of carbonyl (C=O) groups excluding carboxylic acids is 1. The number of hydrogen-bond acceptors (Lipinski definition) is 4. The van der Waals surface area contributed by atoms with Gasteiger partial charge in [-0.3, -0.25) is 0 Å². The number of unbranched alkanes of at least 4 members (excludes halogenated alkanes) is 1. The number of esters is 1. The van der Waals surface area contributed by atoms with Gasteiger partial charge in [-0.05, 0) is 18.1 Å². The van der Waals surface area contributed by atoms with Gasteiger partial charge in [-0.15, -0.1) is 0 Å². The predicted octanol–water partition coefficient (Wildman–Crippen LogP) is 3.34. The third-order valence-corrected chi connectivity index (χ3v) is 3.85. The first-order valence-electron chi connectivity index (χ1n) is 7.46. The van der Waals surface area contributed by atoms with Crippen LogP contribution in [-0.2, 0) is 4.74 Å². The van der Waals surface area contributed by atoms with Crippen LogP contribution in [0.1, 0.15) is 41.3 Å². The summed E-state index contributed by atoms with van der Waals surface area (Å²) in [5, 5.41) is 3.91. The zero-order valence-corrected chi connectivity index (χ0v) is 12.5. The molecule has 22 heavy (non-hydrogen) atoms. The molecule has 0 amide bonds. The molecule has 0 fully saturated rings. The molecule has 0 saturated heterocycles. The lowest BCUT2D eigenvalue weighted by Gasteiger charge is -2.09. The highest BCUT2D eigenvalue weighted by atomic mass is 16.5. The average Bonchev–Trinajstić information content (AvgIpc) is 2.88. The van der Waals surface area contributed by atoms with Gasteiger partial charge in [0.2, 0.25) is 0 Å². The Morgan fingerprint density at radius 1 is 1.09 bits per heavy atom. The van der Waals surface area contributed by atoms with Crippen LogP contribution in [0.15, 0.2) is 47.6 Å². The summed E-state index contributed by atoms with van der Waals surface area (Å²) in [5.41, 5.74) is 4.96. The molecule has 0 saturated carbocycles. The Bertz CT molecular complexity index is 751. The highest BCUT2D eigenvalue weighted by molar-refractivity contribution is 6.26. The molecule has 2 aromatic rings. The van der Waals surface area contributed by atoms with Crippen LogP contribution >= 0.6 is 0 Å². The summed E-state index contributed by atoms with van der Waals surface area (Å²) in [7, 11) is 0. The minimum Gasteiger partial charge on any atom is -0.462 e. The van der Waals surface area contributed by atoms with Crippen molar-refractivity contribution in [3.8, 4) is 11.1 Å². The zero-order valence-electron chi connectivity index (χ0n) is 12.5. The van der Waals surface area contributed by atoms with E-state index in [9.17, 15) is 4.79 Å². The van der Waals surface area contributed by atoms with Gasteiger partial charge >= 0.3 is 5.97 Å². The first kappa shape index (κ1) is 14.3. The van der Waals surface area contributed by atoms with E-state index in [1.54, 1.807) is 6.07 Å². The van der Waals surface area contributed by atoms with Crippen LogP contribution in [0.3, 0.4) is 0 Å². The lowest BCUT2D eigenvalue weighted by Crippen LogP contribution is -2.09. The average molecular weight is 294 g/mol. The van der Waals surface area contributed by atoms with E-state index in [0.29, 0.717) is 17.9 Å². The van der Waals surface area contributed by atoms with Gasteiger partial charge < -0.3 is 10.6 Å². The van der Waals surface area contributed by atoms with Crippen LogP contribution < -0.4 is 5.84 Å². The van der Waals surface area contributed by atoms with Crippen molar-refractivity contribution in [3.05, 3.63) is 59.2 Å². The lowest BCUT2D eigenvalue weighted by molar-refractivity contribution is 0.0500. The summed E-state index contributed by atoms with van der Waals surface area (Å²) < 4.78 is 5.37. The van der Waals surface area contributed by atoms with Gasteiger partial charge in [-0.2, -0.15) is 5.10 Å². The van der Waals surface area contributed by atoms with E-state index in [2.05, 4.69) is 12.0 Å². The number of hydrazone groups is 1. The molecule has 3 rings (SSSR count). The summed E-state index contributed by atoms with van der Waals surface area (Å²) in [4.78, 5) is 12.4. The molecule has 1 aliphatic rings. The number of carbonyl (C=O) groups is 1. The smallest absolute Gasteiger partial charge is 0.338 e. The highest BCUT2D eigenvalue weighted by Crippen LogP contribution is 2.39. The van der Waals surface area contributed by atoms with Crippen molar-refractivity contribution < 1.29 is 9.53 Å². The van der Waals surface area contributed by atoms with Crippen molar-refractivity contribution >= 4 is 11.7 Å². The number of hydrogen-bond donors (Lipinski definition) is 1. The number of ether oxygens (including phenoxy) is 1. The number of fused-ring (bicyclic) bond motifs is 3. The van der Waals surface area contributed by atoms with Crippen LogP contribution in [0.4, 0.5) is 0 Å². The highest BCUT2D eigenvalue weighted by Gasteiger charge is 2.29. The molecule has 0 bridgehead atoms. The fourth-order valence-electron chi connectivity index (χ4n) is 2.79. The summed E-state index contributed by atoms with van der Waals surface area (Å²) >= 11 is 0. The van der Waals surface area contributed by atoms with Crippen LogP contribution in [0, 0.1) is 0 Å². The first-order valence-corrected chi connectivity index (χ1v) is 7.46. The van der Waals surface area contributed by atoms with E-state index in [1.165, 1.54) is 0 Å². The standard InChI is InChI=1S/C18H18N2O2/c1-2-3-11-22-18(21)15-10-6-9-14-16(15)12-7-4-5-8-13(12)17(14)20-19/h4-10H,2-3,11,19H2,1H3. The monoisotopic (exact) mass is 294 g/mol. The van der Waals surface area contributed by atoms with Gasteiger partial charge in [0.15, 0.2) is 0 Å².